The van der Waals surface area contributed by atoms with Crippen molar-refractivity contribution in [2.45, 2.75) is 0 Å². The minimum atomic E-state index is 0.146. The number of halogens is 1. The lowest BCUT2D eigenvalue weighted by Crippen LogP contribution is -1.85. The topological polar surface area (TPSA) is 33.1 Å². The molecule has 0 aliphatic rings. The molecule has 3 rings (SSSR count). The first-order chi connectivity index (χ1) is 8.77. The van der Waals surface area contributed by atoms with Crippen molar-refractivity contribution >= 4 is 22.4 Å². The summed E-state index contributed by atoms with van der Waals surface area (Å²) in [4.78, 5) is 4.01. The number of pyridine rings is 1. The Bertz CT molecular complexity index is 710. The second kappa shape index (κ2) is 4.31. The number of benzene rings is 2. The summed E-state index contributed by atoms with van der Waals surface area (Å²) in [6, 6.07) is 15.6. The van der Waals surface area contributed by atoms with Gasteiger partial charge in [-0.05, 0) is 11.1 Å². The number of hydrogen-bond donors (Lipinski definition) is 1. The molecule has 0 amide bonds. The fourth-order valence-electron chi connectivity index (χ4n) is 2.10. The molecule has 0 radical (unpaired) electrons. The summed E-state index contributed by atoms with van der Waals surface area (Å²) < 4.78 is 0. The zero-order valence-electron chi connectivity index (χ0n) is 9.47. The lowest BCUT2D eigenvalue weighted by molar-refractivity contribution is 0.479. The predicted molar refractivity (Wildman–Crippen MR) is 73.9 cm³/mol. The number of rotatable bonds is 1. The van der Waals surface area contributed by atoms with E-state index in [0.29, 0.717) is 5.15 Å². The van der Waals surface area contributed by atoms with Gasteiger partial charge in [0.1, 0.15) is 10.9 Å². The first-order valence-corrected chi connectivity index (χ1v) is 5.97. The SMILES string of the molecule is Oc1cnc(Cl)c2c(-c3ccccc3)cccc12. The van der Waals surface area contributed by atoms with Crippen LogP contribution >= 0.6 is 11.6 Å². The summed E-state index contributed by atoms with van der Waals surface area (Å²) in [7, 11) is 0. The molecule has 2 aromatic carbocycles. The molecule has 0 aliphatic heterocycles. The standard InChI is InChI=1S/C15H10ClNO/c16-15-14-11(10-5-2-1-3-6-10)7-4-8-12(14)13(18)9-17-15/h1-9,18H. The molecule has 2 nitrogen and oxygen atoms in total. The Morgan fingerprint density at radius 2 is 1.72 bits per heavy atom. The number of hydrogen-bond acceptors (Lipinski definition) is 2. The molecule has 0 unspecified atom stereocenters. The van der Waals surface area contributed by atoms with Gasteiger partial charge in [0.2, 0.25) is 0 Å². The maximum Gasteiger partial charge on any atom is 0.141 e. The van der Waals surface area contributed by atoms with Gasteiger partial charge in [0.25, 0.3) is 0 Å². The molecule has 0 bridgehead atoms. The Morgan fingerprint density at radius 3 is 2.50 bits per heavy atom. The highest BCUT2D eigenvalue weighted by molar-refractivity contribution is 6.35. The second-order valence-electron chi connectivity index (χ2n) is 4.03. The van der Waals surface area contributed by atoms with Gasteiger partial charge in [-0.25, -0.2) is 4.98 Å². The molecule has 1 heterocycles. The molecule has 18 heavy (non-hydrogen) atoms. The van der Waals surface area contributed by atoms with Crippen LogP contribution in [-0.2, 0) is 0 Å². The van der Waals surface area contributed by atoms with Gasteiger partial charge in [0, 0.05) is 10.8 Å². The van der Waals surface area contributed by atoms with Crippen molar-refractivity contribution in [3.8, 4) is 16.9 Å². The third-order valence-corrected chi connectivity index (χ3v) is 3.22. The zero-order valence-corrected chi connectivity index (χ0v) is 10.2. The monoisotopic (exact) mass is 255 g/mol. The average molecular weight is 256 g/mol. The van der Waals surface area contributed by atoms with Crippen molar-refractivity contribution in [2.75, 3.05) is 0 Å². The Hall–Kier alpha value is -2.06. The van der Waals surface area contributed by atoms with Gasteiger partial charge in [-0.2, -0.15) is 0 Å². The number of nitrogens with zero attached hydrogens (tertiary/aromatic N) is 1. The first-order valence-electron chi connectivity index (χ1n) is 5.59. The highest BCUT2D eigenvalue weighted by atomic mass is 35.5. The lowest BCUT2D eigenvalue weighted by atomic mass is 9.99. The molecule has 0 atom stereocenters. The maximum absolute atomic E-state index is 9.85. The third kappa shape index (κ3) is 1.71. The highest BCUT2D eigenvalue weighted by Gasteiger charge is 2.10. The quantitative estimate of drug-likeness (QED) is 0.659. The van der Waals surface area contributed by atoms with Gasteiger partial charge in [-0.1, -0.05) is 60.1 Å². The minimum Gasteiger partial charge on any atom is -0.506 e. The molecular weight excluding hydrogens is 246 g/mol. The number of aromatic nitrogens is 1. The molecule has 0 spiro atoms. The van der Waals surface area contributed by atoms with Crippen LogP contribution in [-0.4, -0.2) is 10.1 Å². The Balaban J connectivity index is 2.41. The Labute approximate surface area is 109 Å². The van der Waals surface area contributed by atoms with Crippen molar-refractivity contribution in [2.24, 2.45) is 0 Å². The summed E-state index contributed by atoms with van der Waals surface area (Å²) in [5, 5.41) is 11.8. The summed E-state index contributed by atoms with van der Waals surface area (Å²) in [5.74, 6) is 0.146. The molecule has 88 valence electrons. The summed E-state index contributed by atoms with van der Waals surface area (Å²) >= 11 is 6.16. The van der Waals surface area contributed by atoms with Gasteiger partial charge in [-0.15, -0.1) is 0 Å². The summed E-state index contributed by atoms with van der Waals surface area (Å²) in [6.45, 7) is 0. The van der Waals surface area contributed by atoms with E-state index in [1.54, 1.807) is 0 Å². The summed E-state index contributed by atoms with van der Waals surface area (Å²) in [5.41, 5.74) is 2.03. The molecular formula is C15H10ClNO. The van der Waals surface area contributed by atoms with Crippen LogP contribution < -0.4 is 0 Å². The van der Waals surface area contributed by atoms with Crippen molar-refractivity contribution < 1.29 is 5.11 Å². The van der Waals surface area contributed by atoms with E-state index < -0.39 is 0 Å². The second-order valence-corrected chi connectivity index (χ2v) is 4.39. The van der Waals surface area contributed by atoms with E-state index in [9.17, 15) is 5.11 Å². The van der Waals surface area contributed by atoms with Crippen LogP contribution in [0.5, 0.6) is 5.75 Å². The molecule has 3 heteroatoms. The first kappa shape index (κ1) is 11.1. The van der Waals surface area contributed by atoms with Crippen LogP contribution in [0.3, 0.4) is 0 Å². The van der Waals surface area contributed by atoms with E-state index in [-0.39, 0.29) is 5.75 Å². The van der Waals surface area contributed by atoms with Crippen molar-refractivity contribution in [3.05, 3.63) is 59.9 Å². The smallest absolute Gasteiger partial charge is 0.141 e. The van der Waals surface area contributed by atoms with Crippen molar-refractivity contribution in [1.82, 2.24) is 4.98 Å². The Kier molecular flexibility index (Phi) is 2.65. The minimum absolute atomic E-state index is 0.146. The van der Waals surface area contributed by atoms with E-state index in [4.69, 9.17) is 11.6 Å². The van der Waals surface area contributed by atoms with Crippen molar-refractivity contribution in [1.29, 1.82) is 0 Å². The molecule has 0 saturated carbocycles. The van der Waals surface area contributed by atoms with Crippen LogP contribution in [0.4, 0.5) is 0 Å². The van der Waals surface area contributed by atoms with Crippen LogP contribution in [0.1, 0.15) is 0 Å². The van der Waals surface area contributed by atoms with E-state index in [0.717, 1.165) is 21.9 Å². The van der Waals surface area contributed by atoms with Crippen LogP contribution in [0, 0.1) is 0 Å². The highest BCUT2D eigenvalue weighted by Crippen LogP contribution is 2.36. The lowest BCUT2D eigenvalue weighted by Gasteiger charge is -2.09. The van der Waals surface area contributed by atoms with Crippen molar-refractivity contribution in [3.63, 3.8) is 0 Å². The number of fused-ring (bicyclic) bond motifs is 1. The van der Waals surface area contributed by atoms with Crippen LogP contribution in [0.25, 0.3) is 21.9 Å². The van der Waals surface area contributed by atoms with E-state index in [1.165, 1.54) is 6.20 Å². The molecule has 1 N–H and O–H groups in total. The molecule has 0 aliphatic carbocycles. The molecule has 0 saturated heterocycles. The molecule has 3 aromatic rings. The van der Waals surface area contributed by atoms with E-state index >= 15 is 0 Å². The van der Waals surface area contributed by atoms with Gasteiger partial charge in [0.15, 0.2) is 0 Å². The predicted octanol–water partition coefficient (Wildman–Crippen LogP) is 4.26. The molecule has 0 fully saturated rings. The molecule has 1 aromatic heterocycles. The normalized spacial score (nSPS) is 10.7. The largest absolute Gasteiger partial charge is 0.506 e. The zero-order chi connectivity index (χ0) is 12.5. The van der Waals surface area contributed by atoms with Gasteiger partial charge in [0.05, 0.1) is 6.20 Å². The maximum atomic E-state index is 9.85. The van der Waals surface area contributed by atoms with E-state index in [1.807, 2.05) is 48.5 Å². The third-order valence-electron chi connectivity index (χ3n) is 2.93. The average Bonchev–Trinajstić information content (AvgIpc) is 2.43. The summed E-state index contributed by atoms with van der Waals surface area (Å²) in [6.07, 6.45) is 1.37. The fraction of sp³-hybridized carbons (Fsp3) is 0. The van der Waals surface area contributed by atoms with Crippen LogP contribution in [0.15, 0.2) is 54.7 Å². The van der Waals surface area contributed by atoms with Gasteiger partial charge in [-0.3, -0.25) is 0 Å². The Morgan fingerprint density at radius 1 is 0.944 bits per heavy atom. The van der Waals surface area contributed by atoms with Gasteiger partial charge >= 0.3 is 0 Å². The van der Waals surface area contributed by atoms with Crippen LogP contribution in [0.2, 0.25) is 5.15 Å². The van der Waals surface area contributed by atoms with E-state index in [2.05, 4.69) is 4.98 Å². The van der Waals surface area contributed by atoms with Gasteiger partial charge < -0.3 is 5.11 Å². The fourth-order valence-corrected chi connectivity index (χ4v) is 2.35. The number of aromatic hydroxyl groups is 1.